The van der Waals surface area contributed by atoms with E-state index in [0.717, 1.165) is 12.8 Å². The Kier molecular flexibility index (Phi) is 22.3. The highest BCUT2D eigenvalue weighted by Gasteiger charge is 2.26. The number of rotatable bonds is 24. The molecular formula is C30H53NO9P+. The summed E-state index contributed by atoms with van der Waals surface area (Å²) in [7, 11) is 1.39. The van der Waals surface area contributed by atoms with Crippen LogP contribution in [0.15, 0.2) is 48.6 Å². The fourth-order valence-corrected chi connectivity index (χ4v) is 3.95. The van der Waals surface area contributed by atoms with Gasteiger partial charge in [0.15, 0.2) is 6.10 Å². The summed E-state index contributed by atoms with van der Waals surface area (Å²) >= 11 is 0. The summed E-state index contributed by atoms with van der Waals surface area (Å²) in [6.45, 7) is 3.11. The summed E-state index contributed by atoms with van der Waals surface area (Å²) in [4.78, 5) is 33.2. The maximum absolute atomic E-state index is 12.1. The van der Waals surface area contributed by atoms with Crippen LogP contribution < -0.4 is 0 Å². The van der Waals surface area contributed by atoms with Gasteiger partial charge in [0.25, 0.3) is 0 Å². The number of aliphatic hydroxyl groups is 1. The summed E-state index contributed by atoms with van der Waals surface area (Å²) in [5.74, 6) is -1.11. The molecule has 0 saturated heterocycles. The lowest BCUT2D eigenvalue weighted by molar-refractivity contribution is -0.870. The number of carbonyl (C=O) groups is 2. The lowest BCUT2D eigenvalue weighted by Crippen LogP contribution is -2.37. The maximum Gasteiger partial charge on any atom is 0.472 e. The van der Waals surface area contributed by atoms with E-state index in [2.05, 4.69) is 13.0 Å². The Labute approximate surface area is 246 Å². The SMILES string of the molecule is CCCCC/C=C\C[C@@H](O)/C=C/C=C\C/C=C\CCCC(=O)OC[C@H](COP(=O)(O)OCC[N+](C)(C)C)OC(C)=O. The van der Waals surface area contributed by atoms with Crippen LogP contribution in [0.5, 0.6) is 0 Å². The molecule has 0 fully saturated rings. The molecule has 0 heterocycles. The number of aliphatic hydroxyl groups excluding tert-OH is 1. The van der Waals surface area contributed by atoms with Crippen LogP contribution in [0.2, 0.25) is 0 Å². The second-order valence-corrected chi connectivity index (χ2v) is 12.2. The van der Waals surface area contributed by atoms with E-state index >= 15 is 0 Å². The van der Waals surface area contributed by atoms with Crippen molar-refractivity contribution in [3.63, 3.8) is 0 Å². The van der Waals surface area contributed by atoms with Gasteiger partial charge in [-0.25, -0.2) is 4.57 Å². The van der Waals surface area contributed by atoms with Gasteiger partial charge in [-0.1, -0.05) is 68.4 Å². The fraction of sp³-hybridized carbons (Fsp3) is 0.667. The molecule has 0 spiro atoms. The Morgan fingerprint density at radius 2 is 1.63 bits per heavy atom. The first-order valence-corrected chi connectivity index (χ1v) is 15.9. The molecule has 41 heavy (non-hydrogen) atoms. The molecule has 3 atom stereocenters. The Balaban J connectivity index is 4.17. The van der Waals surface area contributed by atoms with Gasteiger partial charge in [-0.2, -0.15) is 0 Å². The topological polar surface area (TPSA) is 129 Å². The van der Waals surface area contributed by atoms with Crippen molar-refractivity contribution in [1.29, 1.82) is 0 Å². The number of phosphoric ester groups is 1. The molecule has 0 saturated carbocycles. The fourth-order valence-electron chi connectivity index (χ4n) is 3.20. The van der Waals surface area contributed by atoms with Gasteiger partial charge in [-0.3, -0.25) is 18.6 Å². The molecule has 1 unspecified atom stereocenters. The number of hydrogen-bond donors (Lipinski definition) is 2. The van der Waals surface area contributed by atoms with Crippen molar-refractivity contribution in [2.45, 2.75) is 83.8 Å². The van der Waals surface area contributed by atoms with Gasteiger partial charge in [0.05, 0.1) is 33.9 Å². The smallest absolute Gasteiger partial charge is 0.462 e. The van der Waals surface area contributed by atoms with Crippen LogP contribution in [0.3, 0.4) is 0 Å². The third kappa shape index (κ3) is 27.9. The highest BCUT2D eigenvalue weighted by molar-refractivity contribution is 7.47. The van der Waals surface area contributed by atoms with Crippen LogP contribution in [0, 0.1) is 0 Å². The van der Waals surface area contributed by atoms with Crippen LogP contribution in [-0.2, 0) is 32.7 Å². The highest BCUT2D eigenvalue weighted by Crippen LogP contribution is 2.43. The summed E-state index contributed by atoms with van der Waals surface area (Å²) in [5.41, 5.74) is 0. The average Bonchev–Trinajstić information content (AvgIpc) is 2.87. The number of hydrogen-bond acceptors (Lipinski definition) is 8. The molecule has 0 aromatic carbocycles. The van der Waals surface area contributed by atoms with E-state index < -0.39 is 38.6 Å². The Morgan fingerprint density at radius 3 is 2.32 bits per heavy atom. The van der Waals surface area contributed by atoms with E-state index in [1.165, 1.54) is 26.2 Å². The van der Waals surface area contributed by atoms with Gasteiger partial charge < -0.3 is 24.0 Å². The minimum atomic E-state index is -4.35. The molecule has 0 bridgehead atoms. The zero-order chi connectivity index (χ0) is 31.0. The first-order valence-electron chi connectivity index (χ1n) is 14.4. The van der Waals surface area contributed by atoms with Gasteiger partial charge in [0.1, 0.15) is 19.8 Å². The number of likely N-dealkylation sites (N-methyl/N-ethyl adjacent to an activating group) is 1. The number of allylic oxidation sites excluding steroid dienone is 6. The van der Waals surface area contributed by atoms with Crippen molar-refractivity contribution in [3.05, 3.63) is 48.6 Å². The molecule has 10 nitrogen and oxygen atoms in total. The predicted molar refractivity (Wildman–Crippen MR) is 161 cm³/mol. The number of carbonyl (C=O) groups excluding carboxylic acids is 2. The minimum absolute atomic E-state index is 0.00771. The van der Waals surface area contributed by atoms with Crippen molar-refractivity contribution in [3.8, 4) is 0 Å². The molecule has 0 aliphatic carbocycles. The quantitative estimate of drug-likeness (QED) is 0.0372. The van der Waals surface area contributed by atoms with Crippen LogP contribution in [0.25, 0.3) is 0 Å². The molecule has 236 valence electrons. The van der Waals surface area contributed by atoms with E-state index in [4.69, 9.17) is 18.5 Å². The summed E-state index contributed by atoms with van der Waals surface area (Å²) < 4.78 is 32.6. The number of ether oxygens (including phenoxy) is 2. The van der Waals surface area contributed by atoms with E-state index in [1.54, 1.807) is 6.08 Å². The number of esters is 2. The molecule has 0 aliphatic heterocycles. The second-order valence-electron chi connectivity index (χ2n) is 10.7. The summed E-state index contributed by atoms with van der Waals surface area (Å²) in [6.07, 6.45) is 21.6. The van der Waals surface area contributed by atoms with Crippen molar-refractivity contribution in [2.75, 3.05) is 47.5 Å². The number of nitrogens with zero attached hydrogens (tertiary/aromatic N) is 1. The van der Waals surface area contributed by atoms with Gasteiger partial charge in [0, 0.05) is 13.3 Å². The second kappa shape index (κ2) is 23.5. The Hall–Kier alpha value is -2.07. The minimum Gasteiger partial charge on any atom is -0.462 e. The van der Waals surface area contributed by atoms with Gasteiger partial charge in [-0.05, 0) is 38.5 Å². The Bertz CT molecular complexity index is 878. The van der Waals surface area contributed by atoms with Crippen molar-refractivity contribution >= 4 is 19.8 Å². The van der Waals surface area contributed by atoms with E-state index in [9.17, 15) is 24.2 Å². The molecule has 2 N–H and O–H groups in total. The highest BCUT2D eigenvalue weighted by atomic mass is 31.2. The zero-order valence-corrected chi connectivity index (χ0v) is 26.5. The maximum atomic E-state index is 12.1. The van der Waals surface area contributed by atoms with E-state index in [1.807, 2.05) is 57.6 Å². The normalized spacial score (nSPS) is 15.6. The third-order valence-electron chi connectivity index (χ3n) is 5.49. The number of unbranched alkanes of at least 4 members (excludes halogenated alkanes) is 4. The molecule has 0 radical (unpaired) electrons. The predicted octanol–water partition coefficient (Wildman–Crippen LogP) is 5.42. The summed E-state index contributed by atoms with van der Waals surface area (Å²) in [5, 5.41) is 9.93. The van der Waals surface area contributed by atoms with Gasteiger partial charge in [-0.15, -0.1) is 0 Å². The lowest BCUT2D eigenvalue weighted by Gasteiger charge is -2.24. The molecule has 0 aliphatic rings. The van der Waals surface area contributed by atoms with Gasteiger partial charge >= 0.3 is 19.8 Å². The molecular weight excluding hydrogens is 549 g/mol. The molecule has 0 aromatic rings. The van der Waals surface area contributed by atoms with Crippen LogP contribution >= 0.6 is 7.82 Å². The molecule has 0 amide bonds. The van der Waals surface area contributed by atoms with Crippen LogP contribution in [0.1, 0.15) is 71.6 Å². The molecule has 0 aromatic heterocycles. The molecule has 11 heteroatoms. The lowest BCUT2D eigenvalue weighted by atomic mass is 10.1. The van der Waals surface area contributed by atoms with E-state index in [0.29, 0.717) is 30.3 Å². The van der Waals surface area contributed by atoms with E-state index in [-0.39, 0.29) is 19.6 Å². The third-order valence-corrected chi connectivity index (χ3v) is 6.48. The van der Waals surface area contributed by atoms with Crippen molar-refractivity contribution < 1.29 is 47.2 Å². The largest absolute Gasteiger partial charge is 0.472 e. The monoisotopic (exact) mass is 602 g/mol. The first-order chi connectivity index (χ1) is 19.3. The zero-order valence-electron chi connectivity index (χ0n) is 25.6. The van der Waals surface area contributed by atoms with Crippen LogP contribution in [-0.4, -0.2) is 86.1 Å². The standard InChI is InChI=1S/C30H52NO9P/c1-6-7-8-9-14-17-20-28(33)21-18-15-12-10-11-13-16-19-22-30(34)37-25-29(40-27(2)32)26-39-41(35,36)38-24-23-31(3,4)5/h11-15,17-18,21,28-29,33H,6-10,16,19-20,22-26H2,1-5H3/p+1/b13-11-,15-12-,17-14-,21-18+/t28-,29-/m1/s1. The van der Waals surface area contributed by atoms with Gasteiger partial charge in [0.2, 0.25) is 0 Å². The van der Waals surface area contributed by atoms with Crippen molar-refractivity contribution in [2.24, 2.45) is 0 Å². The summed E-state index contributed by atoms with van der Waals surface area (Å²) in [6, 6.07) is 0. The number of phosphoric acid groups is 1. The van der Waals surface area contributed by atoms with Crippen molar-refractivity contribution in [1.82, 2.24) is 0 Å². The molecule has 0 rings (SSSR count). The van der Waals surface area contributed by atoms with Crippen LogP contribution in [0.4, 0.5) is 0 Å². The number of quaternary nitrogens is 1. The average molecular weight is 603 g/mol. The first kappa shape index (κ1) is 38.9. The Morgan fingerprint density at radius 1 is 0.927 bits per heavy atom.